The van der Waals surface area contributed by atoms with Crippen LogP contribution in [0.3, 0.4) is 0 Å². The molecule has 1 saturated carbocycles. The Labute approximate surface area is 124 Å². The first-order valence-electron chi connectivity index (χ1n) is 7.39. The van der Waals surface area contributed by atoms with Crippen LogP contribution in [0.4, 0.5) is 5.69 Å². The van der Waals surface area contributed by atoms with Crippen molar-refractivity contribution in [3.63, 3.8) is 0 Å². The number of carbonyl (C=O) groups is 2. The maximum absolute atomic E-state index is 12.4. The topological polar surface area (TPSA) is 72.6 Å². The largest absolute Gasteiger partial charge is 0.495 e. The predicted molar refractivity (Wildman–Crippen MR) is 78.4 cm³/mol. The van der Waals surface area contributed by atoms with Crippen molar-refractivity contribution in [2.24, 2.45) is 11.8 Å². The van der Waals surface area contributed by atoms with Gasteiger partial charge in [-0.05, 0) is 30.5 Å². The number of amides is 2. The molecule has 0 aromatic heterocycles. The van der Waals surface area contributed by atoms with Gasteiger partial charge in [0.05, 0.1) is 31.2 Å². The smallest absolute Gasteiger partial charge is 0.233 e. The number of carbonyl (C=O) groups excluding carboxylic acids is 2. The lowest BCUT2D eigenvalue weighted by atomic mass is 9.81. The molecular formula is C16H20N2O3. The van der Waals surface area contributed by atoms with Crippen molar-refractivity contribution in [2.75, 3.05) is 12.8 Å². The molecule has 5 nitrogen and oxygen atoms in total. The maximum Gasteiger partial charge on any atom is 0.233 e. The first kappa shape index (κ1) is 13.9. The summed E-state index contributed by atoms with van der Waals surface area (Å²) < 4.78 is 5.12. The monoisotopic (exact) mass is 288 g/mol. The Hall–Kier alpha value is -2.04. The summed E-state index contributed by atoms with van der Waals surface area (Å²) in [7, 11) is 1.56. The van der Waals surface area contributed by atoms with Gasteiger partial charge in [-0.25, -0.2) is 0 Å². The average molecular weight is 288 g/mol. The lowest BCUT2D eigenvalue weighted by Crippen LogP contribution is -2.30. The second-order valence-corrected chi connectivity index (χ2v) is 5.84. The van der Waals surface area contributed by atoms with Crippen molar-refractivity contribution in [1.29, 1.82) is 0 Å². The average Bonchev–Trinajstić information content (AvgIpc) is 2.73. The van der Waals surface area contributed by atoms with Gasteiger partial charge >= 0.3 is 0 Å². The van der Waals surface area contributed by atoms with E-state index in [1.807, 2.05) is 6.07 Å². The van der Waals surface area contributed by atoms with E-state index in [1.165, 1.54) is 4.90 Å². The number of imide groups is 1. The fourth-order valence-electron chi connectivity index (χ4n) is 3.45. The van der Waals surface area contributed by atoms with Crippen molar-refractivity contribution in [1.82, 2.24) is 4.90 Å². The molecule has 0 bridgehead atoms. The minimum Gasteiger partial charge on any atom is -0.495 e. The number of hydrogen-bond donors (Lipinski definition) is 1. The molecule has 1 aliphatic heterocycles. The molecular weight excluding hydrogens is 268 g/mol. The first-order valence-corrected chi connectivity index (χ1v) is 7.39. The molecule has 21 heavy (non-hydrogen) atoms. The van der Waals surface area contributed by atoms with Crippen molar-refractivity contribution >= 4 is 17.5 Å². The lowest BCUT2D eigenvalue weighted by Gasteiger charge is -2.19. The molecule has 2 atom stereocenters. The van der Waals surface area contributed by atoms with E-state index >= 15 is 0 Å². The molecule has 5 heteroatoms. The maximum atomic E-state index is 12.4. The van der Waals surface area contributed by atoms with E-state index in [4.69, 9.17) is 10.5 Å². The third-order valence-corrected chi connectivity index (χ3v) is 4.57. The van der Waals surface area contributed by atoms with Crippen LogP contribution in [-0.2, 0) is 16.1 Å². The number of likely N-dealkylation sites (tertiary alicyclic amines) is 1. The van der Waals surface area contributed by atoms with Gasteiger partial charge in [-0.1, -0.05) is 18.9 Å². The Kier molecular flexibility index (Phi) is 3.57. The van der Waals surface area contributed by atoms with Gasteiger partial charge in [-0.2, -0.15) is 0 Å². The highest BCUT2D eigenvalue weighted by atomic mass is 16.5. The van der Waals surface area contributed by atoms with Crippen LogP contribution >= 0.6 is 0 Å². The molecule has 2 fully saturated rings. The second kappa shape index (κ2) is 5.39. The van der Waals surface area contributed by atoms with Gasteiger partial charge in [0.1, 0.15) is 5.75 Å². The summed E-state index contributed by atoms with van der Waals surface area (Å²) in [6, 6.07) is 5.38. The van der Waals surface area contributed by atoms with Crippen molar-refractivity contribution in [2.45, 2.75) is 32.2 Å². The molecule has 2 unspecified atom stereocenters. The summed E-state index contributed by atoms with van der Waals surface area (Å²) in [5, 5.41) is 0. The molecule has 2 amide bonds. The number of ether oxygens (including phenoxy) is 1. The summed E-state index contributed by atoms with van der Waals surface area (Å²) >= 11 is 0. The summed E-state index contributed by atoms with van der Waals surface area (Å²) in [6.07, 6.45) is 3.78. The predicted octanol–water partition coefficient (Wildman–Crippen LogP) is 1.95. The Bertz CT molecular complexity index is 561. The highest BCUT2D eigenvalue weighted by Crippen LogP contribution is 2.38. The molecule has 1 aliphatic carbocycles. The van der Waals surface area contributed by atoms with Crippen molar-refractivity contribution in [3.05, 3.63) is 23.8 Å². The van der Waals surface area contributed by atoms with Gasteiger partial charge in [0.2, 0.25) is 11.8 Å². The van der Waals surface area contributed by atoms with Crippen LogP contribution in [0.1, 0.15) is 31.2 Å². The first-order chi connectivity index (χ1) is 10.1. The zero-order valence-electron chi connectivity index (χ0n) is 12.2. The molecule has 1 aromatic carbocycles. The minimum atomic E-state index is -0.0955. The van der Waals surface area contributed by atoms with Gasteiger partial charge in [0.25, 0.3) is 0 Å². The zero-order chi connectivity index (χ0) is 15.0. The highest BCUT2D eigenvalue weighted by Gasteiger charge is 2.47. The molecule has 0 spiro atoms. The lowest BCUT2D eigenvalue weighted by molar-refractivity contribution is -0.140. The second-order valence-electron chi connectivity index (χ2n) is 5.84. The van der Waals surface area contributed by atoms with Crippen LogP contribution in [0.5, 0.6) is 5.75 Å². The summed E-state index contributed by atoms with van der Waals surface area (Å²) in [6.45, 7) is 0.304. The number of nitrogens with zero attached hydrogens (tertiary/aromatic N) is 1. The van der Waals surface area contributed by atoms with E-state index in [2.05, 4.69) is 0 Å². The third-order valence-electron chi connectivity index (χ3n) is 4.57. The zero-order valence-corrected chi connectivity index (χ0v) is 12.2. The van der Waals surface area contributed by atoms with Crippen molar-refractivity contribution in [3.8, 4) is 5.75 Å². The quantitative estimate of drug-likeness (QED) is 0.681. The number of fused-ring (bicyclic) bond motifs is 1. The van der Waals surface area contributed by atoms with Gasteiger partial charge in [-0.15, -0.1) is 0 Å². The third kappa shape index (κ3) is 2.37. The van der Waals surface area contributed by atoms with Crippen LogP contribution in [0.2, 0.25) is 0 Å². The van der Waals surface area contributed by atoms with E-state index in [0.29, 0.717) is 18.0 Å². The molecule has 2 N–H and O–H groups in total. The number of nitrogen functional groups attached to an aromatic ring is 1. The molecule has 2 aliphatic rings. The number of hydrogen-bond acceptors (Lipinski definition) is 4. The summed E-state index contributed by atoms with van der Waals surface area (Å²) in [5.41, 5.74) is 7.25. The number of methoxy groups -OCH3 is 1. The van der Waals surface area contributed by atoms with E-state index in [0.717, 1.165) is 31.2 Å². The standard InChI is InChI=1S/C16H20N2O3/c1-21-14-7-6-10(8-13(14)17)9-18-15(19)11-4-2-3-5-12(11)16(18)20/h6-8,11-12H,2-5,9,17H2,1H3. The van der Waals surface area contributed by atoms with E-state index in [1.54, 1.807) is 19.2 Å². The Balaban J connectivity index is 1.79. The fraction of sp³-hybridized carbons (Fsp3) is 0.500. The van der Waals surface area contributed by atoms with E-state index in [-0.39, 0.29) is 23.7 Å². The minimum absolute atomic E-state index is 0.0147. The van der Waals surface area contributed by atoms with Gasteiger partial charge in [0, 0.05) is 0 Å². The summed E-state index contributed by atoms with van der Waals surface area (Å²) in [5.74, 6) is 0.383. The van der Waals surface area contributed by atoms with E-state index < -0.39 is 0 Å². The van der Waals surface area contributed by atoms with Gasteiger partial charge in [-0.3, -0.25) is 14.5 Å². The normalized spacial score (nSPS) is 25.1. The number of rotatable bonds is 3. The number of anilines is 1. The van der Waals surface area contributed by atoms with Gasteiger partial charge < -0.3 is 10.5 Å². The highest BCUT2D eigenvalue weighted by molar-refractivity contribution is 6.05. The van der Waals surface area contributed by atoms with Crippen LogP contribution in [0, 0.1) is 11.8 Å². The Morgan fingerprint density at radius 1 is 1.19 bits per heavy atom. The molecule has 1 saturated heterocycles. The Morgan fingerprint density at radius 3 is 2.33 bits per heavy atom. The Morgan fingerprint density at radius 2 is 1.81 bits per heavy atom. The number of nitrogens with two attached hydrogens (primary N) is 1. The summed E-state index contributed by atoms with van der Waals surface area (Å²) in [4.78, 5) is 26.2. The van der Waals surface area contributed by atoms with Crippen LogP contribution in [0.25, 0.3) is 0 Å². The molecule has 0 radical (unpaired) electrons. The van der Waals surface area contributed by atoms with E-state index in [9.17, 15) is 9.59 Å². The molecule has 1 aromatic rings. The number of benzene rings is 1. The van der Waals surface area contributed by atoms with Crippen LogP contribution in [0.15, 0.2) is 18.2 Å². The fourth-order valence-corrected chi connectivity index (χ4v) is 3.45. The van der Waals surface area contributed by atoms with Gasteiger partial charge in [0.15, 0.2) is 0 Å². The molecule has 3 rings (SSSR count). The molecule has 1 heterocycles. The van der Waals surface area contributed by atoms with Crippen molar-refractivity contribution < 1.29 is 14.3 Å². The molecule has 112 valence electrons. The van der Waals surface area contributed by atoms with Crippen LogP contribution < -0.4 is 10.5 Å². The van der Waals surface area contributed by atoms with Crippen LogP contribution in [-0.4, -0.2) is 23.8 Å². The SMILES string of the molecule is COc1ccc(CN2C(=O)C3CCCCC3C2=O)cc1N.